The van der Waals surface area contributed by atoms with Gasteiger partial charge in [0.25, 0.3) is 5.56 Å². The topological polar surface area (TPSA) is 87.5 Å². The molecule has 0 amide bonds. The maximum atomic E-state index is 13.4. The molecule has 2 aromatic heterocycles. The Hall–Kier alpha value is -2.83. The van der Waals surface area contributed by atoms with E-state index in [0.29, 0.717) is 29.7 Å². The summed E-state index contributed by atoms with van der Waals surface area (Å²) in [4.78, 5) is 20.7. The van der Waals surface area contributed by atoms with Crippen LogP contribution in [-0.4, -0.2) is 68.0 Å². The number of aromatic nitrogens is 2. The normalized spacial score (nSPS) is 16.2. The molecule has 1 atom stereocenters. The first-order valence-corrected chi connectivity index (χ1v) is 14.2. The zero-order valence-electron chi connectivity index (χ0n) is 21.4. The van der Waals surface area contributed by atoms with Crippen LogP contribution in [0.2, 0.25) is 5.15 Å². The molecule has 0 aliphatic carbocycles. The van der Waals surface area contributed by atoms with Crippen LogP contribution in [0.15, 0.2) is 40.2 Å². The summed E-state index contributed by atoms with van der Waals surface area (Å²) in [6, 6.07) is 8.21. The average Bonchev–Trinajstić information content (AvgIpc) is 2.81. The van der Waals surface area contributed by atoms with Gasteiger partial charge in [-0.25, -0.2) is 13.4 Å². The Morgan fingerprint density at radius 1 is 1.11 bits per heavy atom. The number of aryl methyl sites for hydroxylation is 1. The molecule has 0 saturated carbocycles. The second-order valence-corrected chi connectivity index (χ2v) is 12.0. The first kappa shape index (κ1) is 28.2. The Bertz CT molecular complexity index is 1530. The van der Waals surface area contributed by atoms with Crippen LogP contribution in [-0.2, 0) is 16.9 Å². The summed E-state index contributed by atoms with van der Waals surface area (Å²) < 4.78 is 64.6. The summed E-state index contributed by atoms with van der Waals surface area (Å²) in [6.45, 7) is 3.90. The minimum Gasteiger partial charge on any atom is -0.376 e. The van der Waals surface area contributed by atoms with Crippen molar-refractivity contribution < 1.29 is 21.6 Å². The number of pyridine rings is 2. The molecule has 0 bridgehead atoms. The molecule has 38 heavy (non-hydrogen) atoms. The number of anilines is 2. The lowest BCUT2D eigenvalue weighted by atomic mass is 9.97. The average molecular weight is 572 g/mol. The Balaban J connectivity index is 1.73. The van der Waals surface area contributed by atoms with Gasteiger partial charge in [-0.05, 0) is 54.6 Å². The van der Waals surface area contributed by atoms with Crippen molar-refractivity contribution in [1.82, 2.24) is 14.5 Å². The van der Waals surface area contributed by atoms with E-state index in [-0.39, 0.29) is 34.5 Å². The van der Waals surface area contributed by atoms with E-state index in [1.54, 1.807) is 19.2 Å². The third kappa shape index (κ3) is 6.08. The summed E-state index contributed by atoms with van der Waals surface area (Å²) in [7, 11) is -2.02. The molecule has 3 heterocycles. The van der Waals surface area contributed by atoms with Gasteiger partial charge in [0.05, 0.1) is 12.2 Å². The fraction of sp³-hybridized carbons (Fsp3) is 0.440. The summed E-state index contributed by atoms with van der Waals surface area (Å²) in [6.07, 6.45) is -3.21. The van der Waals surface area contributed by atoms with E-state index in [1.807, 2.05) is 30.9 Å². The monoisotopic (exact) mass is 571 g/mol. The number of nitrogens with zero attached hydrogens (tertiary/aromatic N) is 4. The number of halogens is 4. The van der Waals surface area contributed by atoms with Crippen molar-refractivity contribution in [1.29, 1.82) is 0 Å². The zero-order chi connectivity index (χ0) is 28.0. The highest BCUT2D eigenvalue weighted by atomic mass is 35.5. The van der Waals surface area contributed by atoms with Crippen LogP contribution in [0.5, 0.6) is 0 Å². The van der Waals surface area contributed by atoms with Crippen molar-refractivity contribution in [3.63, 3.8) is 0 Å². The molecule has 1 fully saturated rings. The number of rotatable bonds is 6. The fourth-order valence-corrected chi connectivity index (χ4v) is 5.83. The lowest BCUT2D eigenvalue weighted by molar-refractivity contribution is -0.146. The smallest absolute Gasteiger partial charge is 0.376 e. The van der Waals surface area contributed by atoms with Gasteiger partial charge in [-0.1, -0.05) is 17.7 Å². The molecule has 0 radical (unpaired) electrons. The van der Waals surface area contributed by atoms with Gasteiger partial charge in [-0.15, -0.1) is 0 Å². The molecule has 0 spiro atoms. The lowest BCUT2D eigenvalue weighted by Crippen LogP contribution is -2.50. The summed E-state index contributed by atoms with van der Waals surface area (Å²) in [5.74, 6) is 0.608. The maximum absolute atomic E-state index is 13.4. The van der Waals surface area contributed by atoms with Crippen molar-refractivity contribution in [2.75, 3.05) is 49.2 Å². The van der Waals surface area contributed by atoms with E-state index in [1.165, 1.54) is 15.5 Å². The number of nitrogens with one attached hydrogen (secondary N) is 1. The van der Waals surface area contributed by atoms with Gasteiger partial charge in [0.2, 0.25) is 0 Å². The fourth-order valence-electron chi connectivity index (χ4n) is 4.85. The van der Waals surface area contributed by atoms with Crippen LogP contribution in [0.4, 0.5) is 24.7 Å². The second-order valence-electron chi connectivity index (χ2n) is 9.69. The number of hydrogen-bond acceptors (Lipinski definition) is 7. The van der Waals surface area contributed by atoms with Gasteiger partial charge < -0.3 is 10.2 Å². The molecule has 8 nitrogen and oxygen atoms in total. The minimum atomic E-state index is -4.26. The number of hydrogen-bond donors (Lipinski definition) is 1. The van der Waals surface area contributed by atoms with Crippen molar-refractivity contribution >= 4 is 43.7 Å². The van der Waals surface area contributed by atoms with Gasteiger partial charge in [0, 0.05) is 50.9 Å². The molecule has 13 heteroatoms. The molecular formula is C25H29ClF3N5O3S. The summed E-state index contributed by atoms with van der Waals surface area (Å²) >= 11 is 5.94. The highest BCUT2D eigenvalue weighted by Crippen LogP contribution is 2.32. The van der Waals surface area contributed by atoms with Crippen LogP contribution in [0.1, 0.15) is 24.1 Å². The lowest BCUT2D eigenvalue weighted by Gasteiger charge is -2.37. The minimum absolute atomic E-state index is 0.0492. The molecule has 1 aliphatic heterocycles. The van der Waals surface area contributed by atoms with E-state index < -0.39 is 28.6 Å². The molecule has 1 saturated heterocycles. The highest BCUT2D eigenvalue weighted by Gasteiger charge is 2.32. The Morgan fingerprint density at radius 3 is 2.37 bits per heavy atom. The van der Waals surface area contributed by atoms with Crippen molar-refractivity contribution in [2.24, 2.45) is 7.05 Å². The third-order valence-corrected chi connectivity index (χ3v) is 7.85. The van der Waals surface area contributed by atoms with Gasteiger partial charge in [-0.2, -0.15) is 13.2 Å². The molecule has 1 aliphatic rings. The number of alkyl halides is 3. The van der Waals surface area contributed by atoms with Crippen molar-refractivity contribution in [3.05, 3.63) is 57.0 Å². The van der Waals surface area contributed by atoms with Crippen LogP contribution in [0, 0.1) is 6.92 Å². The Morgan fingerprint density at radius 2 is 1.76 bits per heavy atom. The quantitative estimate of drug-likeness (QED) is 0.445. The predicted molar refractivity (Wildman–Crippen MR) is 143 cm³/mol. The number of fused-ring (bicyclic) bond motifs is 1. The SMILES string of the molecule is Cc1cc([C@@H](C)Nc2ccc(Cl)nc2S(C)(=O)=O)c2cc(N3CCN(CC(F)(F)F)CC3)n(C)c(=O)c2c1. The van der Waals surface area contributed by atoms with Gasteiger partial charge >= 0.3 is 6.18 Å². The number of sulfone groups is 1. The zero-order valence-corrected chi connectivity index (χ0v) is 23.0. The van der Waals surface area contributed by atoms with E-state index in [4.69, 9.17) is 11.6 Å². The third-order valence-electron chi connectivity index (χ3n) is 6.62. The van der Waals surface area contributed by atoms with E-state index >= 15 is 0 Å². The molecule has 0 unspecified atom stereocenters. The van der Waals surface area contributed by atoms with Crippen LogP contribution in [0.3, 0.4) is 0 Å². The van der Waals surface area contributed by atoms with Gasteiger partial charge in [0.15, 0.2) is 14.9 Å². The van der Waals surface area contributed by atoms with Crippen LogP contribution >= 0.6 is 11.6 Å². The largest absolute Gasteiger partial charge is 0.401 e. The second kappa shape index (κ2) is 10.4. The van der Waals surface area contributed by atoms with Gasteiger partial charge in [-0.3, -0.25) is 14.3 Å². The summed E-state index contributed by atoms with van der Waals surface area (Å²) in [5, 5.41) is 4.24. The standard InChI is InChI=1S/C25H29ClF3N5O3S/c1-15-11-17(16(2)30-20-5-6-21(26)31-23(20)38(4,36)37)18-13-22(32(3)24(35)19(18)12-15)34-9-7-33(8-10-34)14-25(27,28)29/h5-6,11-13,16,30H,7-10,14H2,1-4H3/t16-/m1/s1. The molecule has 3 aromatic rings. The highest BCUT2D eigenvalue weighted by molar-refractivity contribution is 7.90. The molecule has 4 rings (SSSR count). The van der Waals surface area contributed by atoms with Crippen molar-refractivity contribution in [2.45, 2.75) is 31.1 Å². The number of piperazine rings is 1. The number of benzene rings is 1. The molecule has 1 aromatic carbocycles. The molecule has 1 N–H and O–H groups in total. The van der Waals surface area contributed by atoms with Crippen molar-refractivity contribution in [3.8, 4) is 0 Å². The van der Waals surface area contributed by atoms with Crippen LogP contribution < -0.4 is 15.8 Å². The van der Waals surface area contributed by atoms with E-state index in [9.17, 15) is 26.4 Å². The van der Waals surface area contributed by atoms with E-state index in [2.05, 4.69) is 10.3 Å². The van der Waals surface area contributed by atoms with E-state index in [0.717, 1.165) is 17.4 Å². The first-order chi connectivity index (χ1) is 17.6. The summed E-state index contributed by atoms with van der Waals surface area (Å²) in [5.41, 5.74) is 1.68. The first-order valence-electron chi connectivity index (χ1n) is 12.0. The Kier molecular flexibility index (Phi) is 7.70. The predicted octanol–water partition coefficient (Wildman–Crippen LogP) is 4.16. The molecule has 206 valence electrons. The Labute approximate surface area is 223 Å². The molecular weight excluding hydrogens is 543 g/mol. The van der Waals surface area contributed by atoms with Gasteiger partial charge in [0.1, 0.15) is 11.0 Å². The maximum Gasteiger partial charge on any atom is 0.401 e. The van der Waals surface area contributed by atoms with Crippen LogP contribution in [0.25, 0.3) is 10.8 Å².